The van der Waals surface area contributed by atoms with Crippen LogP contribution in [0, 0.1) is 6.92 Å². The molecule has 4 aromatic rings. The number of para-hydroxylation sites is 1. The van der Waals surface area contributed by atoms with Gasteiger partial charge in [0.1, 0.15) is 12.0 Å². The first-order valence-electron chi connectivity index (χ1n) is 9.97. The third-order valence-electron chi connectivity index (χ3n) is 5.16. The first-order valence-corrected chi connectivity index (χ1v) is 11.4. The fraction of sp³-hybridized carbons (Fsp3) is 0.174. The lowest BCUT2D eigenvalue weighted by atomic mass is 10.2. The van der Waals surface area contributed by atoms with E-state index in [2.05, 4.69) is 20.0 Å². The van der Waals surface area contributed by atoms with Gasteiger partial charge in [-0.15, -0.1) is 0 Å². The Labute approximate surface area is 186 Å². The Morgan fingerprint density at radius 1 is 1.16 bits per heavy atom. The number of aryl methyl sites for hydroxylation is 1. The Bertz CT molecular complexity index is 1300. The van der Waals surface area contributed by atoms with Crippen LogP contribution in [0.25, 0.3) is 10.9 Å². The van der Waals surface area contributed by atoms with Crippen molar-refractivity contribution in [3.8, 4) is 5.75 Å². The molecule has 0 bridgehead atoms. The number of rotatable bonds is 8. The molecule has 0 radical (unpaired) electrons. The van der Waals surface area contributed by atoms with Crippen LogP contribution in [-0.4, -0.2) is 30.6 Å². The number of pyridine rings is 1. The van der Waals surface area contributed by atoms with Crippen molar-refractivity contribution in [1.29, 1.82) is 0 Å². The van der Waals surface area contributed by atoms with Crippen molar-refractivity contribution in [1.82, 2.24) is 15.3 Å². The highest BCUT2D eigenvalue weighted by Crippen LogP contribution is 2.30. The largest absolute Gasteiger partial charge is 0.495 e. The van der Waals surface area contributed by atoms with E-state index in [4.69, 9.17) is 4.74 Å². The van der Waals surface area contributed by atoms with Gasteiger partial charge in [0.05, 0.1) is 23.4 Å². The number of methoxy groups -OCH3 is 1. The number of benzene rings is 2. The molecule has 166 valence electrons. The van der Waals surface area contributed by atoms with E-state index in [0.717, 1.165) is 22.0 Å². The van der Waals surface area contributed by atoms with Crippen LogP contribution in [0.3, 0.4) is 0 Å². The zero-order chi connectivity index (χ0) is 22.7. The summed E-state index contributed by atoms with van der Waals surface area (Å²) in [6.45, 7) is 2.16. The monoisotopic (exact) mass is 452 g/mol. The number of hydrogen-bond donors (Lipinski definition) is 4. The molecule has 0 aliphatic carbocycles. The second-order valence-corrected chi connectivity index (χ2v) is 9.06. The summed E-state index contributed by atoms with van der Waals surface area (Å²) in [5.41, 5.74) is 3.52. The SMILES string of the molecule is COc1cccc(C)c1NS(=O)(=O)c1ccc(CNC(O)c2cc3cnccc3[nH]2)cc1. The van der Waals surface area contributed by atoms with Crippen molar-refractivity contribution in [2.24, 2.45) is 0 Å². The standard InChI is InChI=1S/C23H24N4O4S/c1-15-4-3-5-21(31-2)22(15)27-32(29,30)18-8-6-16(7-9-18)13-25-23(28)20-12-17-14-24-11-10-19(17)26-20/h3-12,14,23,25-28H,13H2,1-2H3. The maximum Gasteiger partial charge on any atom is 0.262 e. The zero-order valence-corrected chi connectivity index (χ0v) is 18.5. The van der Waals surface area contributed by atoms with Gasteiger partial charge in [0.15, 0.2) is 0 Å². The molecule has 0 aliphatic rings. The topological polar surface area (TPSA) is 116 Å². The number of aromatic amines is 1. The third-order valence-corrected chi connectivity index (χ3v) is 6.53. The lowest BCUT2D eigenvalue weighted by Crippen LogP contribution is -2.20. The summed E-state index contributed by atoms with van der Waals surface area (Å²) < 4.78 is 33.6. The second kappa shape index (κ2) is 8.99. The van der Waals surface area contributed by atoms with Gasteiger partial charge in [0, 0.05) is 29.8 Å². The number of aliphatic hydroxyl groups excluding tert-OH is 1. The first kappa shape index (κ1) is 21.8. The average molecular weight is 453 g/mol. The molecule has 4 N–H and O–H groups in total. The smallest absolute Gasteiger partial charge is 0.262 e. The molecular weight excluding hydrogens is 428 g/mol. The number of aliphatic hydroxyl groups is 1. The van der Waals surface area contributed by atoms with Gasteiger partial charge in [0.2, 0.25) is 0 Å². The van der Waals surface area contributed by atoms with Crippen LogP contribution in [0.1, 0.15) is 23.0 Å². The van der Waals surface area contributed by atoms with Crippen LogP contribution in [0.15, 0.2) is 71.9 Å². The average Bonchev–Trinajstić information content (AvgIpc) is 3.23. The van der Waals surface area contributed by atoms with Gasteiger partial charge in [-0.3, -0.25) is 15.0 Å². The summed E-state index contributed by atoms with van der Waals surface area (Å²) in [6, 6.07) is 15.5. The molecule has 2 heterocycles. The van der Waals surface area contributed by atoms with E-state index in [1.54, 1.807) is 36.7 Å². The Morgan fingerprint density at radius 3 is 2.66 bits per heavy atom. The minimum absolute atomic E-state index is 0.134. The van der Waals surface area contributed by atoms with Crippen molar-refractivity contribution >= 4 is 26.6 Å². The van der Waals surface area contributed by atoms with Crippen LogP contribution in [0.2, 0.25) is 0 Å². The summed E-state index contributed by atoms with van der Waals surface area (Å²) in [7, 11) is -2.29. The summed E-state index contributed by atoms with van der Waals surface area (Å²) in [5.74, 6) is 0.455. The van der Waals surface area contributed by atoms with Crippen LogP contribution in [0.5, 0.6) is 5.75 Å². The molecule has 0 spiro atoms. The van der Waals surface area contributed by atoms with Crippen LogP contribution < -0.4 is 14.8 Å². The summed E-state index contributed by atoms with van der Waals surface area (Å²) >= 11 is 0. The lowest BCUT2D eigenvalue weighted by Gasteiger charge is -2.15. The first-order chi connectivity index (χ1) is 15.4. The van der Waals surface area contributed by atoms with Gasteiger partial charge < -0.3 is 14.8 Å². The van der Waals surface area contributed by atoms with Crippen molar-refractivity contribution < 1.29 is 18.3 Å². The Morgan fingerprint density at radius 2 is 1.94 bits per heavy atom. The minimum Gasteiger partial charge on any atom is -0.495 e. The summed E-state index contributed by atoms with van der Waals surface area (Å²) in [6.07, 6.45) is 2.50. The number of fused-ring (bicyclic) bond motifs is 1. The molecule has 8 nitrogen and oxygen atoms in total. The van der Waals surface area contributed by atoms with E-state index in [-0.39, 0.29) is 4.90 Å². The van der Waals surface area contributed by atoms with Gasteiger partial charge in [0.25, 0.3) is 10.0 Å². The quantitative estimate of drug-likeness (QED) is 0.304. The van der Waals surface area contributed by atoms with E-state index < -0.39 is 16.3 Å². The molecule has 1 unspecified atom stereocenters. The Kier molecular flexibility index (Phi) is 6.13. The van der Waals surface area contributed by atoms with Crippen molar-refractivity contribution in [2.75, 3.05) is 11.8 Å². The van der Waals surface area contributed by atoms with E-state index in [1.165, 1.54) is 19.2 Å². The summed E-state index contributed by atoms with van der Waals surface area (Å²) in [4.78, 5) is 7.35. The molecule has 9 heteroatoms. The maximum atomic E-state index is 12.8. The van der Waals surface area contributed by atoms with Crippen LogP contribution in [-0.2, 0) is 16.6 Å². The molecule has 0 saturated carbocycles. The van der Waals surface area contributed by atoms with Crippen LogP contribution in [0.4, 0.5) is 5.69 Å². The molecule has 0 aliphatic heterocycles. The van der Waals surface area contributed by atoms with Crippen LogP contribution >= 0.6 is 0 Å². The van der Waals surface area contributed by atoms with Crippen molar-refractivity contribution in [3.05, 3.63) is 83.8 Å². The highest BCUT2D eigenvalue weighted by molar-refractivity contribution is 7.92. The predicted molar refractivity (Wildman–Crippen MR) is 123 cm³/mol. The fourth-order valence-electron chi connectivity index (χ4n) is 3.39. The Hall–Kier alpha value is -3.40. The molecule has 2 aromatic carbocycles. The van der Waals surface area contributed by atoms with Gasteiger partial charge in [-0.25, -0.2) is 8.42 Å². The van der Waals surface area contributed by atoms with Gasteiger partial charge in [-0.1, -0.05) is 24.3 Å². The van der Waals surface area contributed by atoms with Gasteiger partial charge >= 0.3 is 0 Å². The second-order valence-electron chi connectivity index (χ2n) is 7.37. The number of nitrogens with zero attached hydrogens (tertiary/aromatic N) is 1. The number of anilines is 1. The fourth-order valence-corrected chi connectivity index (χ4v) is 4.53. The maximum absolute atomic E-state index is 12.8. The molecule has 0 fully saturated rings. The van der Waals surface area contributed by atoms with Crippen molar-refractivity contribution in [3.63, 3.8) is 0 Å². The number of hydrogen-bond acceptors (Lipinski definition) is 6. The number of ether oxygens (including phenoxy) is 1. The predicted octanol–water partition coefficient (Wildman–Crippen LogP) is 3.46. The number of sulfonamides is 1. The lowest BCUT2D eigenvalue weighted by molar-refractivity contribution is 0.133. The molecule has 0 amide bonds. The van der Waals surface area contributed by atoms with Gasteiger partial charge in [-0.2, -0.15) is 0 Å². The molecule has 1 atom stereocenters. The Balaban J connectivity index is 1.43. The minimum atomic E-state index is -3.78. The highest BCUT2D eigenvalue weighted by Gasteiger charge is 2.18. The van der Waals surface area contributed by atoms with Crippen molar-refractivity contribution in [2.45, 2.75) is 24.6 Å². The normalized spacial score (nSPS) is 12.6. The third kappa shape index (κ3) is 4.59. The zero-order valence-electron chi connectivity index (χ0n) is 17.7. The number of H-pyrrole nitrogens is 1. The number of aromatic nitrogens is 2. The molecule has 2 aromatic heterocycles. The molecule has 0 saturated heterocycles. The molecular formula is C23H24N4O4S. The summed E-state index contributed by atoms with van der Waals surface area (Å²) in [5, 5.41) is 14.4. The van der Waals surface area contributed by atoms with Gasteiger partial charge in [-0.05, 0) is 48.4 Å². The van der Waals surface area contributed by atoms with E-state index in [9.17, 15) is 13.5 Å². The van der Waals surface area contributed by atoms with E-state index in [0.29, 0.717) is 23.7 Å². The highest BCUT2D eigenvalue weighted by atomic mass is 32.2. The van der Waals surface area contributed by atoms with E-state index >= 15 is 0 Å². The van der Waals surface area contributed by atoms with E-state index in [1.807, 2.05) is 25.1 Å². The number of nitrogens with one attached hydrogen (secondary N) is 3. The molecule has 4 rings (SSSR count). The molecule has 32 heavy (non-hydrogen) atoms.